The number of hydrogen-bond donors (Lipinski definition) is 1. The minimum atomic E-state index is -0.0700. The fraction of sp³-hybridized carbons (Fsp3) is 1.00. The van der Waals surface area contributed by atoms with Crippen LogP contribution < -0.4 is 0 Å². The van der Waals surface area contributed by atoms with E-state index < -0.39 is 0 Å². The van der Waals surface area contributed by atoms with Gasteiger partial charge in [0.05, 0.1) is 6.10 Å². The molecule has 0 aromatic rings. The molecule has 2 unspecified atom stereocenters. The first-order chi connectivity index (χ1) is 8.33. The van der Waals surface area contributed by atoms with Gasteiger partial charge in [-0.1, -0.05) is 45.4 Å². The molecule has 0 heterocycles. The molecule has 0 aliphatic heterocycles. The third kappa shape index (κ3) is 3.45. The first-order valence-electron chi connectivity index (χ1n) is 7.76. The van der Waals surface area contributed by atoms with Crippen molar-refractivity contribution in [2.45, 2.75) is 89.3 Å². The van der Waals surface area contributed by atoms with Crippen molar-refractivity contribution in [1.82, 2.24) is 4.90 Å². The van der Waals surface area contributed by atoms with Crippen molar-refractivity contribution >= 4 is 0 Å². The summed E-state index contributed by atoms with van der Waals surface area (Å²) < 4.78 is 0. The summed E-state index contributed by atoms with van der Waals surface area (Å²) in [5.74, 6) is 0. The third-order valence-corrected chi connectivity index (χ3v) is 4.78. The second kappa shape index (κ2) is 6.75. The number of likely N-dealkylation sites (N-methyl/N-ethyl adjacent to an activating group) is 1. The van der Waals surface area contributed by atoms with Crippen LogP contribution in [0.4, 0.5) is 0 Å². The van der Waals surface area contributed by atoms with Crippen LogP contribution in [0.3, 0.4) is 0 Å². The molecule has 2 heteroatoms. The maximum Gasteiger partial charge on any atom is 0.0695 e. The zero-order valence-electron chi connectivity index (χ0n) is 11.4. The Morgan fingerprint density at radius 1 is 0.882 bits per heavy atom. The average Bonchev–Trinajstić information content (AvgIpc) is 2.58. The van der Waals surface area contributed by atoms with Crippen LogP contribution in [0.15, 0.2) is 0 Å². The zero-order chi connectivity index (χ0) is 12.1. The Hall–Kier alpha value is -0.0800. The molecule has 0 aromatic carbocycles. The fourth-order valence-electron chi connectivity index (χ4n) is 3.83. The van der Waals surface area contributed by atoms with Crippen LogP contribution in [0.5, 0.6) is 0 Å². The van der Waals surface area contributed by atoms with Crippen molar-refractivity contribution in [3.8, 4) is 0 Å². The molecule has 2 atom stereocenters. The smallest absolute Gasteiger partial charge is 0.0695 e. The predicted octanol–water partition coefficient (Wildman–Crippen LogP) is 3.33. The van der Waals surface area contributed by atoms with Crippen molar-refractivity contribution in [3.05, 3.63) is 0 Å². The molecule has 17 heavy (non-hydrogen) atoms. The Bertz CT molecular complexity index is 213. The van der Waals surface area contributed by atoms with Gasteiger partial charge in [0.2, 0.25) is 0 Å². The maximum absolute atomic E-state index is 10.3. The Morgan fingerprint density at radius 2 is 1.47 bits per heavy atom. The fourth-order valence-corrected chi connectivity index (χ4v) is 3.83. The maximum atomic E-state index is 10.3. The molecular formula is C15H29NO. The van der Waals surface area contributed by atoms with Crippen LogP contribution in [-0.2, 0) is 0 Å². The summed E-state index contributed by atoms with van der Waals surface area (Å²) in [4.78, 5) is 2.63. The van der Waals surface area contributed by atoms with Crippen LogP contribution in [-0.4, -0.2) is 34.7 Å². The van der Waals surface area contributed by atoms with Crippen molar-refractivity contribution in [3.63, 3.8) is 0 Å². The first-order valence-corrected chi connectivity index (χ1v) is 7.76. The summed E-state index contributed by atoms with van der Waals surface area (Å²) in [6.07, 6.45) is 12.9. The van der Waals surface area contributed by atoms with E-state index in [0.29, 0.717) is 6.04 Å². The molecule has 2 fully saturated rings. The van der Waals surface area contributed by atoms with Gasteiger partial charge < -0.3 is 5.11 Å². The van der Waals surface area contributed by atoms with Crippen molar-refractivity contribution in [2.24, 2.45) is 0 Å². The van der Waals surface area contributed by atoms with Gasteiger partial charge in [0.15, 0.2) is 0 Å². The van der Waals surface area contributed by atoms with Gasteiger partial charge in [-0.05, 0) is 32.2 Å². The van der Waals surface area contributed by atoms with Crippen molar-refractivity contribution in [2.75, 3.05) is 6.54 Å². The number of rotatable bonds is 3. The van der Waals surface area contributed by atoms with Gasteiger partial charge in [-0.2, -0.15) is 0 Å². The summed E-state index contributed by atoms with van der Waals surface area (Å²) >= 11 is 0. The van der Waals surface area contributed by atoms with Crippen LogP contribution in [0, 0.1) is 0 Å². The van der Waals surface area contributed by atoms with Crippen LogP contribution in [0.25, 0.3) is 0 Å². The molecule has 0 saturated heterocycles. The minimum absolute atomic E-state index is 0.0700. The Morgan fingerprint density at radius 3 is 2.12 bits per heavy atom. The van der Waals surface area contributed by atoms with E-state index in [1.54, 1.807) is 0 Å². The molecule has 0 amide bonds. The summed E-state index contributed by atoms with van der Waals surface area (Å²) in [5, 5.41) is 10.3. The Kier molecular flexibility index (Phi) is 5.30. The lowest BCUT2D eigenvalue weighted by molar-refractivity contribution is 0.0128. The molecule has 2 rings (SSSR count). The lowest BCUT2D eigenvalue weighted by Gasteiger charge is -2.41. The van der Waals surface area contributed by atoms with Crippen LogP contribution in [0.2, 0.25) is 0 Å². The van der Waals surface area contributed by atoms with Crippen molar-refractivity contribution in [1.29, 1.82) is 0 Å². The lowest BCUT2D eigenvalue weighted by Crippen LogP contribution is -2.49. The lowest BCUT2D eigenvalue weighted by atomic mass is 9.91. The molecule has 0 aromatic heterocycles. The molecule has 2 saturated carbocycles. The standard InChI is InChI=1S/C15H29NO/c1-2-16(13-9-5-3-6-10-13)14-11-7-4-8-12-15(14)17/h13-15,17H,2-12H2,1H3. The summed E-state index contributed by atoms with van der Waals surface area (Å²) in [7, 11) is 0. The van der Waals surface area contributed by atoms with Gasteiger partial charge >= 0.3 is 0 Å². The van der Waals surface area contributed by atoms with E-state index in [2.05, 4.69) is 11.8 Å². The average molecular weight is 239 g/mol. The van der Waals surface area contributed by atoms with E-state index in [-0.39, 0.29) is 6.10 Å². The first kappa shape index (κ1) is 13.4. The molecule has 2 nitrogen and oxygen atoms in total. The summed E-state index contributed by atoms with van der Waals surface area (Å²) in [6, 6.07) is 1.21. The quantitative estimate of drug-likeness (QED) is 0.764. The van der Waals surface area contributed by atoms with Gasteiger partial charge in [0.1, 0.15) is 0 Å². The highest BCUT2D eigenvalue weighted by Gasteiger charge is 2.31. The molecule has 2 aliphatic rings. The highest BCUT2D eigenvalue weighted by molar-refractivity contribution is 4.86. The largest absolute Gasteiger partial charge is 0.391 e. The van der Waals surface area contributed by atoms with Gasteiger partial charge in [0, 0.05) is 12.1 Å². The van der Waals surface area contributed by atoms with E-state index in [1.165, 1.54) is 57.8 Å². The van der Waals surface area contributed by atoms with Crippen LogP contribution >= 0.6 is 0 Å². The van der Waals surface area contributed by atoms with E-state index in [0.717, 1.165) is 19.0 Å². The number of nitrogens with zero attached hydrogens (tertiary/aromatic N) is 1. The molecule has 0 radical (unpaired) electrons. The van der Waals surface area contributed by atoms with Crippen LogP contribution in [0.1, 0.15) is 71.1 Å². The highest BCUT2D eigenvalue weighted by atomic mass is 16.3. The highest BCUT2D eigenvalue weighted by Crippen LogP contribution is 2.29. The number of hydrogen-bond acceptors (Lipinski definition) is 2. The zero-order valence-corrected chi connectivity index (χ0v) is 11.4. The molecule has 0 spiro atoms. The molecule has 1 N–H and O–H groups in total. The van der Waals surface area contributed by atoms with Gasteiger partial charge in [-0.3, -0.25) is 4.90 Å². The second-order valence-corrected chi connectivity index (χ2v) is 5.89. The molecule has 2 aliphatic carbocycles. The van der Waals surface area contributed by atoms with Crippen molar-refractivity contribution < 1.29 is 5.11 Å². The van der Waals surface area contributed by atoms with E-state index >= 15 is 0 Å². The Labute approximate surface area is 106 Å². The molecule has 100 valence electrons. The van der Waals surface area contributed by atoms with E-state index in [4.69, 9.17) is 0 Å². The number of aliphatic hydroxyl groups excluding tert-OH is 1. The minimum Gasteiger partial charge on any atom is -0.391 e. The van der Waals surface area contributed by atoms with Gasteiger partial charge in [0.25, 0.3) is 0 Å². The van der Waals surface area contributed by atoms with Gasteiger partial charge in [-0.15, -0.1) is 0 Å². The molecule has 0 bridgehead atoms. The second-order valence-electron chi connectivity index (χ2n) is 5.89. The van der Waals surface area contributed by atoms with E-state index in [9.17, 15) is 5.11 Å². The Balaban J connectivity index is 1.98. The third-order valence-electron chi connectivity index (χ3n) is 4.78. The molecular weight excluding hydrogens is 210 g/mol. The topological polar surface area (TPSA) is 23.5 Å². The SMILES string of the molecule is CCN(C1CCCCC1)C1CCCCCC1O. The summed E-state index contributed by atoms with van der Waals surface area (Å²) in [5.41, 5.74) is 0. The summed E-state index contributed by atoms with van der Waals surface area (Å²) in [6.45, 7) is 3.39. The predicted molar refractivity (Wildman–Crippen MR) is 72.1 cm³/mol. The normalized spacial score (nSPS) is 32.6. The van der Waals surface area contributed by atoms with E-state index in [1.807, 2.05) is 0 Å². The monoisotopic (exact) mass is 239 g/mol. The van der Waals surface area contributed by atoms with Gasteiger partial charge in [-0.25, -0.2) is 0 Å². The number of aliphatic hydroxyl groups is 1.